The van der Waals surface area contributed by atoms with Crippen LogP contribution in [0.25, 0.3) is 0 Å². The molecule has 0 aromatic rings. The van der Waals surface area contributed by atoms with E-state index >= 15 is 0 Å². The third-order valence-electron chi connectivity index (χ3n) is 3.68. The molecule has 1 aliphatic rings. The van der Waals surface area contributed by atoms with Crippen LogP contribution in [0.1, 0.15) is 33.6 Å². The van der Waals surface area contributed by atoms with E-state index in [-0.39, 0.29) is 0 Å². The third-order valence-corrected chi connectivity index (χ3v) is 5.68. The molecule has 4 nitrogen and oxygen atoms in total. The summed E-state index contributed by atoms with van der Waals surface area (Å²) in [4.78, 5) is 2.25. The lowest BCUT2D eigenvalue weighted by molar-refractivity contribution is -0.116. The van der Waals surface area contributed by atoms with Crippen LogP contribution in [0, 0.1) is 5.41 Å². The predicted molar refractivity (Wildman–Crippen MR) is 98.7 cm³/mol. The molecule has 7 heteroatoms. The fraction of sp³-hybridized carbons (Fsp3) is 0.929. The van der Waals surface area contributed by atoms with Crippen LogP contribution >= 0.6 is 24.0 Å². The second-order valence-corrected chi connectivity index (χ2v) is 8.20. The summed E-state index contributed by atoms with van der Waals surface area (Å²) in [5, 5.41) is 0. The van der Waals surface area contributed by atoms with Gasteiger partial charge in [0.05, 0.1) is 13.2 Å². The molecule has 0 bridgehead atoms. The zero-order chi connectivity index (χ0) is 16.1. The molecule has 0 aromatic heterocycles. The zero-order valence-electron chi connectivity index (χ0n) is 14.1. The van der Waals surface area contributed by atoms with E-state index in [9.17, 15) is 0 Å². The Balaban J connectivity index is 0.000000690. The monoisotopic (exact) mass is 353 g/mol. The fourth-order valence-electron chi connectivity index (χ4n) is 1.96. The molecule has 0 aromatic carbocycles. The Morgan fingerprint density at radius 1 is 1.24 bits per heavy atom. The Morgan fingerprint density at radius 3 is 2.10 bits per heavy atom. The van der Waals surface area contributed by atoms with Gasteiger partial charge in [0.2, 0.25) is 0 Å². The summed E-state index contributed by atoms with van der Waals surface area (Å²) in [7, 11) is 2.73. The van der Waals surface area contributed by atoms with Gasteiger partial charge in [0.1, 0.15) is 4.32 Å². The van der Waals surface area contributed by atoms with Crippen molar-refractivity contribution in [3.05, 3.63) is 0 Å². The maximum absolute atomic E-state index is 5.41. The smallest absolute Gasteiger partial charge is 0.303 e. The van der Waals surface area contributed by atoms with E-state index in [0.29, 0.717) is 5.41 Å². The van der Waals surface area contributed by atoms with E-state index in [4.69, 9.17) is 17.0 Å². The molecule has 0 aliphatic carbocycles. The number of hydrogen-bond acceptors (Lipinski definition) is 5. The highest BCUT2D eigenvalue weighted by molar-refractivity contribution is 8.22. The highest BCUT2D eigenvalue weighted by Gasteiger charge is 2.36. The van der Waals surface area contributed by atoms with E-state index in [0.717, 1.165) is 36.4 Å². The van der Waals surface area contributed by atoms with Gasteiger partial charge in [-0.2, -0.15) is 0 Å². The first kappa shape index (κ1) is 21.3. The zero-order valence-corrected chi connectivity index (χ0v) is 17.2. The maximum Gasteiger partial charge on any atom is 0.303 e. The number of thioether (sulfide) groups is 1. The van der Waals surface area contributed by atoms with E-state index < -0.39 is 10.0 Å². The summed E-state index contributed by atoms with van der Waals surface area (Å²) in [6.45, 7) is 10.5. The summed E-state index contributed by atoms with van der Waals surface area (Å²) in [5.74, 6) is 1.13. The van der Waals surface area contributed by atoms with Crippen molar-refractivity contribution in [2.24, 2.45) is 5.41 Å². The topological polar surface area (TPSA) is 30.9 Å². The molecule has 21 heavy (non-hydrogen) atoms. The minimum absolute atomic E-state index is 0.464. The van der Waals surface area contributed by atoms with Gasteiger partial charge >= 0.3 is 10.0 Å². The Kier molecular flexibility index (Phi) is 13.0. The van der Waals surface area contributed by atoms with Crippen molar-refractivity contribution >= 4 is 38.3 Å². The molecule has 0 radical (unpaired) electrons. The number of hydrogen-bond donors (Lipinski definition) is 0. The van der Waals surface area contributed by atoms with Gasteiger partial charge in [-0.3, -0.25) is 0 Å². The first-order chi connectivity index (χ1) is 10.1. The molecule has 1 heterocycles. The number of rotatable bonds is 8. The molecule has 126 valence electrons. The second-order valence-electron chi connectivity index (χ2n) is 5.08. The van der Waals surface area contributed by atoms with Gasteiger partial charge in [-0.05, 0) is 26.7 Å². The average molecular weight is 354 g/mol. The minimum Gasteiger partial charge on any atom is -0.402 e. The lowest BCUT2D eigenvalue weighted by Gasteiger charge is -2.41. The normalized spacial score (nSPS) is 15.7. The van der Waals surface area contributed by atoms with Crippen LogP contribution in [0.2, 0.25) is 0 Å². The van der Waals surface area contributed by atoms with E-state index in [1.165, 1.54) is 12.8 Å². The minimum atomic E-state index is -0.568. The molecular formula is C14H31NO3S2Si. The van der Waals surface area contributed by atoms with Gasteiger partial charge in [-0.15, -0.1) is 0 Å². The van der Waals surface area contributed by atoms with Gasteiger partial charge < -0.3 is 18.5 Å². The second kappa shape index (κ2) is 12.8. The summed E-state index contributed by atoms with van der Waals surface area (Å²) in [5.41, 5.74) is 0.464. The molecule has 0 atom stereocenters. The third kappa shape index (κ3) is 8.52. The molecule has 1 fully saturated rings. The van der Waals surface area contributed by atoms with E-state index in [2.05, 4.69) is 34.5 Å². The Morgan fingerprint density at radius 2 is 1.81 bits per heavy atom. The largest absolute Gasteiger partial charge is 0.402 e. The molecule has 1 rings (SSSR count). The standard InChI is InChI=1S/C12H23NOS2.C2H8O2Si/c1-4-12(9-14-10-12)7-8-16-11(15)13(5-2)6-3;1-3-5-4-2/h4-10H2,1-3H3;5H2,1-2H3. The van der Waals surface area contributed by atoms with Crippen LogP contribution < -0.4 is 0 Å². The molecule has 0 unspecified atom stereocenters. The van der Waals surface area contributed by atoms with Crippen LogP contribution in [0.4, 0.5) is 0 Å². The predicted octanol–water partition coefficient (Wildman–Crippen LogP) is 2.44. The number of thiocarbonyl (C=S) groups is 1. The Hall–Kier alpha value is 0.337. The molecule has 1 saturated heterocycles. The van der Waals surface area contributed by atoms with Crippen molar-refractivity contribution in [3.63, 3.8) is 0 Å². The first-order valence-corrected chi connectivity index (χ1v) is 10.1. The van der Waals surface area contributed by atoms with Crippen molar-refractivity contribution in [3.8, 4) is 0 Å². The van der Waals surface area contributed by atoms with Gasteiger partial charge in [0, 0.05) is 38.5 Å². The molecule has 0 spiro atoms. The van der Waals surface area contributed by atoms with Crippen molar-refractivity contribution in [2.75, 3.05) is 46.3 Å². The van der Waals surface area contributed by atoms with Crippen LogP contribution in [0.5, 0.6) is 0 Å². The SMILES string of the molecule is CCN(CC)C(=S)SCCC1(CC)COC1.CO[SiH2]OC. The lowest BCUT2D eigenvalue weighted by atomic mass is 9.81. The van der Waals surface area contributed by atoms with Crippen molar-refractivity contribution in [2.45, 2.75) is 33.6 Å². The average Bonchev–Trinajstić information content (AvgIpc) is 2.45. The summed E-state index contributed by atoms with van der Waals surface area (Å²) in [6, 6.07) is 0. The summed E-state index contributed by atoms with van der Waals surface area (Å²) < 4.78 is 15.6. The van der Waals surface area contributed by atoms with E-state index in [1.54, 1.807) is 14.2 Å². The highest BCUT2D eigenvalue weighted by Crippen LogP contribution is 2.36. The Bertz CT molecular complexity index is 267. The van der Waals surface area contributed by atoms with Crippen LogP contribution in [0.3, 0.4) is 0 Å². The quantitative estimate of drug-likeness (QED) is 0.492. The van der Waals surface area contributed by atoms with Crippen molar-refractivity contribution < 1.29 is 13.6 Å². The highest BCUT2D eigenvalue weighted by atomic mass is 32.2. The van der Waals surface area contributed by atoms with Gasteiger partial charge in [-0.1, -0.05) is 30.9 Å². The van der Waals surface area contributed by atoms with Gasteiger partial charge in [-0.25, -0.2) is 0 Å². The molecule has 0 N–H and O–H groups in total. The number of nitrogens with zero attached hydrogens (tertiary/aromatic N) is 1. The summed E-state index contributed by atoms with van der Waals surface area (Å²) >= 11 is 7.24. The molecule has 0 amide bonds. The maximum atomic E-state index is 5.41. The Labute approximate surface area is 142 Å². The van der Waals surface area contributed by atoms with Crippen molar-refractivity contribution in [1.82, 2.24) is 4.90 Å². The molecular weight excluding hydrogens is 322 g/mol. The van der Waals surface area contributed by atoms with E-state index in [1.807, 2.05) is 11.8 Å². The number of ether oxygens (including phenoxy) is 1. The van der Waals surface area contributed by atoms with Crippen LogP contribution in [-0.2, 0) is 13.6 Å². The molecule has 0 saturated carbocycles. The molecule has 1 aliphatic heterocycles. The van der Waals surface area contributed by atoms with Gasteiger partial charge in [0.15, 0.2) is 0 Å². The van der Waals surface area contributed by atoms with Crippen LogP contribution in [-0.4, -0.2) is 65.5 Å². The fourth-order valence-corrected chi connectivity index (χ4v) is 3.86. The first-order valence-electron chi connectivity index (χ1n) is 7.56. The van der Waals surface area contributed by atoms with Crippen molar-refractivity contribution in [1.29, 1.82) is 0 Å². The summed E-state index contributed by atoms with van der Waals surface area (Å²) in [6.07, 6.45) is 2.46. The van der Waals surface area contributed by atoms with Gasteiger partial charge in [0.25, 0.3) is 0 Å². The van der Waals surface area contributed by atoms with Crippen LogP contribution in [0.15, 0.2) is 0 Å². The lowest BCUT2D eigenvalue weighted by Crippen LogP contribution is -2.42.